The zero-order valence-electron chi connectivity index (χ0n) is 7.30. The third-order valence-electron chi connectivity index (χ3n) is 1.52. The minimum absolute atomic E-state index is 0.159. The third-order valence-corrected chi connectivity index (χ3v) is 3.51. The maximum atomic E-state index is 5.90. The first-order valence-electron chi connectivity index (χ1n) is 3.90. The van der Waals surface area contributed by atoms with Gasteiger partial charge in [-0.2, -0.15) is 0 Å². The normalized spacial score (nSPS) is 13.3. The van der Waals surface area contributed by atoms with E-state index < -0.39 is 9.29 Å². The Labute approximate surface area is 113 Å². The minimum atomic E-state index is -1.64. The summed E-state index contributed by atoms with van der Waals surface area (Å²) in [6.07, 6.45) is 0. The average molecular weight is 305 g/mol. The molecule has 0 aliphatic rings. The summed E-state index contributed by atoms with van der Waals surface area (Å²) in [4.78, 5) is 2.77. The van der Waals surface area contributed by atoms with Gasteiger partial charge in [-0.05, 0) is 0 Å². The van der Waals surface area contributed by atoms with Crippen LogP contribution in [0.25, 0.3) is 0 Å². The zero-order valence-corrected chi connectivity index (χ0v) is 11.1. The van der Waals surface area contributed by atoms with E-state index in [0.29, 0.717) is 5.56 Å². The molecule has 0 saturated carbocycles. The molecule has 0 fully saturated rings. The molecule has 0 aliphatic carbocycles. The molecule has 0 aromatic heterocycles. The van der Waals surface area contributed by atoms with E-state index in [2.05, 4.69) is 4.99 Å². The summed E-state index contributed by atoms with van der Waals surface area (Å²) in [5.41, 5.74) is 0.693. The summed E-state index contributed by atoms with van der Waals surface area (Å²) in [7, 11) is 0. The topological polar surface area (TPSA) is 12.4 Å². The molecule has 0 saturated heterocycles. The van der Waals surface area contributed by atoms with E-state index in [1.54, 1.807) is 12.1 Å². The largest absolute Gasteiger partial charge is 0.239 e. The van der Waals surface area contributed by atoms with Crippen molar-refractivity contribution in [3.05, 3.63) is 35.9 Å². The highest BCUT2D eigenvalue weighted by atomic mass is 35.5. The molecule has 1 nitrogen and oxygen atoms in total. The Morgan fingerprint density at radius 2 is 1.67 bits per heavy atom. The number of nitrogens with zero attached hydrogens (tertiary/aromatic N) is 1. The van der Waals surface area contributed by atoms with E-state index >= 15 is 0 Å². The molecule has 0 radical (unpaired) electrons. The van der Waals surface area contributed by atoms with Crippen LogP contribution in [0.2, 0.25) is 0 Å². The van der Waals surface area contributed by atoms with Gasteiger partial charge in [-0.15, -0.1) is 0 Å². The molecule has 82 valence electrons. The molecule has 0 amide bonds. The molecule has 1 aromatic rings. The second-order valence-electron chi connectivity index (χ2n) is 2.66. The molecule has 1 rings (SSSR count). The summed E-state index contributed by atoms with van der Waals surface area (Å²) in [5.74, 6) is 0. The average Bonchev–Trinajstić information content (AvgIpc) is 2.18. The second kappa shape index (κ2) is 5.60. The first-order chi connectivity index (χ1) is 6.93. The summed E-state index contributed by atoms with van der Waals surface area (Å²) in [6.45, 7) is 0. The highest BCUT2D eigenvalue weighted by Gasteiger charge is 2.32. The van der Waals surface area contributed by atoms with Crippen molar-refractivity contribution in [2.45, 2.75) is 9.29 Å². The van der Waals surface area contributed by atoms with Gasteiger partial charge >= 0.3 is 0 Å². The van der Waals surface area contributed by atoms with Gasteiger partial charge in [0.2, 0.25) is 4.46 Å². The van der Waals surface area contributed by atoms with Gasteiger partial charge in [0, 0.05) is 5.56 Å². The number of benzene rings is 1. The van der Waals surface area contributed by atoms with Crippen LogP contribution < -0.4 is 0 Å². The van der Waals surface area contributed by atoms with Gasteiger partial charge in [0.1, 0.15) is 5.17 Å². The van der Waals surface area contributed by atoms with Crippen molar-refractivity contribution in [3.8, 4) is 0 Å². The highest BCUT2D eigenvalue weighted by molar-refractivity contribution is 6.70. The van der Waals surface area contributed by atoms with E-state index in [-0.39, 0.29) is 5.17 Å². The molecule has 0 spiro atoms. The van der Waals surface area contributed by atoms with Gasteiger partial charge in [0.05, 0.1) is 0 Å². The van der Waals surface area contributed by atoms with Crippen LogP contribution in [-0.4, -0.2) is 14.5 Å². The molecule has 0 N–H and O–H groups in total. The molecular formula is C9H6Cl5N. The van der Waals surface area contributed by atoms with Crippen molar-refractivity contribution < 1.29 is 0 Å². The Bertz CT molecular complexity index is 347. The SMILES string of the molecule is Cl/C(=N\C(Cl)(Cl)C(Cl)Cl)c1ccccc1. The monoisotopic (exact) mass is 303 g/mol. The van der Waals surface area contributed by atoms with Crippen LogP contribution in [0.4, 0.5) is 0 Å². The molecule has 1 aromatic carbocycles. The summed E-state index contributed by atoms with van der Waals surface area (Å²) >= 11 is 28.5. The van der Waals surface area contributed by atoms with Crippen molar-refractivity contribution in [2.75, 3.05) is 0 Å². The summed E-state index contributed by atoms with van der Waals surface area (Å²) < 4.78 is -1.64. The predicted octanol–water partition coefficient (Wildman–Crippen LogP) is 4.61. The Morgan fingerprint density at radius 1 is 1.13 bits per heavy atom. The molecular weight excluding hydrogens is 299 g/mol. The molecule has 15 heavy (non-hydrogen) atoms. The molecule has 0 atom stereocenters. The van der Waals surface area contributed by atoms with Gasteiger partial charge in [-0.25, -0.2) is 4.99 Å². The number of rotatable bonds is 3. The second-order valence-corrected chi connectivity index (χ2v) is 5.46. The van der Waals surface area contributed by atoms with Gasteiger partial charge in [0.15, 0.2) is 4.84 Å². The van der Waals surface area contributed by atoms with Crippen molar-refractivity contribution in [1.29, 1.82) is 0 Å². The molecule has 6 heteroatoms. The van der Waals surface area contributed by atoms with Crippen LogP contribution >= 0.6 is 58.0 Å². The van der Waals surface area contributed by atoms with Gasteiger partial charge in [-0.1, -0.05) is 88.3 Å². The Balaban J connectivity index is 2.95. The number of hydrogen-bond donors (Lipinski definition) is 0. The summed E-state index contributed by atoms with van der Waals surface area (Å²) in [6, 6.07) is 9.03. The minimum Gasteiger partial charge on any atom is -0.231 e. The van der Waals surface area contributed by atoms with Gasteiger partial charge < -0.3 is 0 Å². The number of hydrogen-bond acceptors (Lipinski definition) is 1. The Hall–Kier alpha value is 0.340. The standard InChI is InChI=1S/C9H6Cl5N/c10-7(6-4-2-1-3-5-6)15-9(13,14)8(11)12/h1-5,8H/b15-7-. The van der Waals surface area contributed by atoms with E-state index in [4.69, 9.17) is 58.0 Å². The van der Waals surface area contributed by atoms with Crippen LogP contribution in [0, 0.1) is 0 Å². The Morgan fingerprint density at radius 3 is 2.13 bits per heavy atom. The predicted molar refractivity (Wildman–Crippen MR) is 68.8 cm³/mol. The highest BCUT2D eigenvalue weighted by Crippen LogP contribution is 2.34. The molecule has 0 unspecified atom stereocenters. The van der Waals surface area contributed by atoms with E-state index in [9.17, 15) is 0 Å². The fraction of sp³-hybridized carbons (Fsp3) is 0.222. The number of halogens is 5. The lowest BCUT2D eigenvalue weighted by molar-refractivity contribution is 0.902. The van der Waals surface area contributed by atoms with E-state index in [1.807, 2.05) is 18.2 Å². The lowest BCUT2D eigenvalue weighted by Crippen LogP contribution is -2.20. The molecule has 0 aliphatic heterocycles. The number of alkyl halides is 4. The van der Waals surface area contributed by atoms with Crippen molar-refractivity contribution in [2.24, 2.45) is 4.99 Å². The first-order valence-corrected chi connectivity index (χ1v) is 5.91. The first kappa shape index (κ1) is 13.4. The van der Waals surface area contributed by atoms with Crippen LogP contribution in [0.3, 0.4) is 0 Å². The lowest BCUT2D eigenvalue weighted by atomic mass is 10.2. The molecule has 0 heterocycles. The third kappa shape index (κ3) is 4.01. The Kier molecular flexibility index (Phi) is 5.01. The lowest BCUT2D eigenvalue weighted by Gasteiger charge is -2.15. The maximum Gasteiger partial charge on any atom is 0.239 e. The van der Waals surface area contributed by atoms with Crippen LogP contribution in [0.1, 0.15) is 5.56 Å². The smallest absolute Gasteiger partial charge is 0.231 e. The van der Waals surface area contributed by atoms with Gasteiger partial charge in [0.25, 0.3) is 0 Å². The van der Waals surface area contributed by atoms with E-state index in [0.717, 1.165) is 0 Å². The van der Waals surface area contributed by atoms with E-state index in [1.165, 1.54) is 0 Å². The summed E-state index contributed by atoms with van der Waals surface area (Å²) in [5, 5.41) is 0.159. The van der Waals surface area contributed by atoms with Crippen LogP contribution in [0.15, 0.2) is 35.3 Å². The number of aliphatic imine (C=N–C) groups is 1. The zero-order chi connectivity index (χ0) is 11.5. The fourth-order valence-corrected chi connectivity index (χ4v) is 1.43. The van der Waals surface area contributed by atoms with Crippen LogP contribution in [0.5, 0.6) is 0 Å². The quantitative estimate of drug-likeness (QED) is 0.439. The van der Waals surface area contributed by atoms with Crippen LogP contribution in [-0.2, 0) is 0 Å². The fourth-order valence-electron chi connectivity index (χ4n) is 0.820. The maximum absolute atomic E-state index is 5.90. The van der Waals surface area contributed by atoms with Crippen molar-refractivity contribution in [1.82, 2.24) is 0 Å². The van der Waals surface area contributed by atoms with Crippen molar-refractivity contribution in [3.63, 3.8) is 0 Å². The van der Waals surface area contributed by atoms with Crippen molar-refractivity contribution >= 4 is 63.2 Å². The molecule has 0 bridgehead atoms. The van der Waals surface area contributed by atoms with Gasteiger partial charge in [-0.3, -0.25) is 0 Å².